The van der Waals surface area contributed by atoms with Crippen molar-refractivity contribution in [3.63, 3.8) is 0 Å². The summed E-state index contributed by atoms with van der Waals surface area (Å²) in [6.07, 6.45) is 1.28. The van der Waals surface area contributed by atoms with Crippen LogP contribution in [0.2, 0.25) is 0 Å². The topological polar surface area (TPSA) is 21.3 Å². The second-order valence-electron chi connectivity index (χ2n) is 4.74. The van der Waals surface area contributed by atoms with Gasteiger partial charge in [0.05, 0.1) is 7.11 Å². The molecule has 0 spiro atoms. The first-order valence-corrected chi connectivity index (χ1v) is 7.25. The second-order valence-corrected chi connectivity index (χ2v) is 6.21. The molecule has 0 aliphatic carbocycles. The Morgan fingerprint density at radius 2 is 2.29 bits per heavy atom. The zero-order chi connectivity index (χ0) is 12.3. The van der Waals surface area contributed by atoms with Gasteiger partial charge in [-0.1, -0.05) is 19.1 Å². The van der Waals surface area contributed by atoms with Crippen molar-refractivity contribution in [2.75, 3.05) is 12.9 Å². The Balaban J connectivity index is 1.96. The summed E-state index contributed by atoms with van der Waals surface area (Å²) in [6, 6.07) is 9.36. The Morgan fingerprint density at radius 1 is 1.47 bits per heavy atom. The van der Waals surface area contributed by atoms with Gasteiger partial charge in [0.2, 0.25) is 0 Å². The summed E-state index contributed by atoms with van der Waals surface area (Å²) in [5.74, 6) is 2.17. The maximum Gasteiger partial charge on any atom is 0.119 e. The highest BCUT2D eigenvalue weighted by Gasteiger charge is 2.23. The Morgan fingerprint density at radius 3 is 2.94 bits per heavy atom. The van der Waals surface area contributed by atoms with Crippen LogP contribution in [0.3, 0.4) is 0 Å². The van der Waals surface area contributed by atoms with Crippen LogP contribution in [0.15, 0.2) is 24.3 Å². The second kappa shape index (κ2) is 5.78. The van der Waals surface area contributed by atoms with E-state index in [2.05, 4.69) is 49.1 Å². The lowest BCUT2D eigenvalue weighted by Gasteiger charge is -2.19. The van der Waals surface area contributed by atoms with Gasteiger partial charge in [0.15, 0.2) is 0 Å². The molecule has 0 radical (unpaired) electrons. The van der Waals surface area contributed by atoms with E-state index >= 15 is 0 Å². The van der Waals surface area contributed by atoms with E-state index in [4.69, 9.17) is 4.74 Å². The molecule has 0 bridgehead atoms. The Bertz CT molecular complexity index is 369. The minimum atomic E-state index is 0.390. The summed E-state index contributed by atoms with van der Waals surface area (Å²) < 4.78 is 5.26. The van der Waals surface area contributed by atoms with E-state index in [1.807, 2.05) is 6.07 Å². The molecule has 17 heavy (non-hydrogen) atoms. The van der Waals surface area contributed by atoms with E-state index in [1.54, 1.807) is 7.11 Å². The molecule has 0 saturated carbocycles. The highest BCUT2D eigenvalue weighted by Crippen LogP contribution is 2.28. The van der Waals surface area contributed by atoms with E-state index in [0.29, 0.717) is 12.1 Å². The first-order chi connectivity index (χ1) is 8.19. The van der Waals surface area contributed by atoms with Crippen LogP contribution in [0.4, 0.5) is 0 Å². The Kier molecular flexibility index (Phi) is 4.35. The molecule has 1 saturated heterocycles. The molecule has 1 fully saturated rings. The van der Waals surface area contributed by atoms with Gasteiger partial charge >= 0.3 is 0 Å². The predicted octanol–water partition coefficient (Wildman–Crippen LogP) is 3.24. The van der Waals surface area contributed by atoms with Crippen molar-refractivity contribution in [1.29, 1.82) is 0 Å². The number of hydrogen-bond acceptors (Lipinski definition) is 3. The van der Waals surface area contributed by atoms with Crippen LogP contribution in [0.1, 0.15) is 31.9 Å². The standard InChI is InChI=1S/C14H21NOS/c1-10-7-13(9-17-10)15-11(2)12-5-4-6-14(8-12)16-3/h4-6,8,10-11,13,15H,7,9H2,1-3H3/t10?,11-,13?/m1/s1. The molecule has 3 heteroatoms. The van der Waals surface area contributed by atoms with Crippen molar-refractivity contribution < 1.29 is 4.74 Å². The number of ether oxygens (including phenoxy) is 1. The fraction of sp³-hybridized carbons (Fsp3) is 0.571. The van der Waals surface area contributed by atoms with Gasteiger partial charge < -0.3 is 10.1 Å². The van der Waals surface area contributed by atoms with Crippen molar-refractivity contribution in [3.8, 4) is 5.75 Å². The Hall–Kier alpha value is -0.670. The van der Waals surface area contributed by atoms with Crippen molar-refractivity contribution >= 4 is 11.8 Å². The lowest BCUT2D eigenvalue weighted by molar-refractivity contribution is 0.412. The van der Waals surface area contributed by atoms with E-state index < -0.39 is 0 Å². The first-order valence-electron chi connectivity index (χ1n) is 6.20. The average molecular weight is 251 g/mol. The molecule has 1 aliphatic rings. The van der Waals surface area contributed by atoms with Crippen LogP contribution < -0.4 is 10.1 Å². The van der Waals surface area contributed by atoms with Crippen LogP contribution in [0, 0.1) is 0 Å². The largest absolute Gasteiger partial charge is 0.497 e. The van der Waals surface area contributed by atoms with Crippen LogP contribution in [-0.2, 0) is 0 Å². The van der Waals surface area contributed by atoms with Gasteiger partial charge in [-0.3, -0.25) is 0 Å². The van der Waals surface area contributed by atoms with Crippen molar-refractivity contribution in [1.82, 2.24) is 5.32 Å². The molecule has 1 N–H and O–H groups in total. The van der Waals surface area contributed by atoms with Gasteiger partial charge in [0.25, 0.3) is 0 Å². The van der Waals surface area contributed by atoms with Crippen LogP contribution in [0.25, 0.3) is 0 Å². The molecule has 2 nitrogen and oxygen atoms in total. The maximum atomic E-state index is 5.26. The van der Waals surface area contributed by atoms with Gasteiger partial charge in [-0.25, -0.2) is 0 Å². The summed E-state index contributed by atoms with van der Waals surface area (Å²) in [4.78, 5) is 0. The number of thioether (sulfide) groups is 1. The van der Waals surface area contributed by atoms with Crippen molar-refractivity contribution in [2.24, 2.45) is 0 Å². The maximum absolute atomic E-state index is 5.26. The first kappa shape index (κ1) is 12.8. The molecule has 94 valence electrons. The molecule has 1 heterocycles. The number of hydrogen-bond donors (Lipinski definition) is 1. The zero-order valence-corrected chi connectivity index (χ0v) is 11.6. The normalized spacial score (nSPS) is 25.8. The van der Waals surface area contributed by atoms with E-state index in [1.165, 1.54) is 17.7 Å². The van der Waals surface area contributed by atoms with Crippen LogP contribution in [0.5, 0.6) is 5.75 Å². The summed E-state index contributed by atoms with van der Waals surface area (Å²) in [7, 11) is 1.71. The minimum absolute atomic E-state index is 0.390. The lowest BCUT2D eigenvalue weighted by Crippen LogP contribution is -2.31. The number of methoxy groups -OCH3 is 1. The SMILES string of the molecule is COc1cccc([C@@H](C)NC2CSC(C)C2)c1. The third kappa shape index (κ3) is 3.39. The average Bonchev–Trinajstić information content (AvgIpc) is 2.75. The van der Waals surface area contributed by atoms with E-state index in [-0.39, 0.29) is 0 Å². The third-order valence-electron chi connectivity index (χ3n) is 3.28. The van der Waals surface area contributed by atoms with E-state index in [0.717, 1.165) is 11.0 Å². The van der Waals surface area contributed by atoms with Gasteiger partial charge in [-0.2, -0.15) is 11.8 Å². The summed E-state index contributed by atoms with van der Waals surface area (Å²) in [6.45, 7) is 4.53. The molecule has 0 aromatic heterocycles. The zero-order valence-electron chi connectivity index (χ0n) is 10.8. The minimum Gasteiger partial charge on any atom is -0.497 e. The fourth-order valence-electron chi connectivity index (χ4n) is 2.29. The highest BCUT2D eigenvalue weighted by molar-refractivity contribution is 8.00. The van der Waals surface area contributed by atoms with Gasteiger partial charge in [0.1, 0.15) is 5.75 Å². The molecular formula is C14H21NOS. The van der Waals surface area contributed by atoms with Gasteiger partial charge in [0, 0.05) is 23.1 Å². The third-order valence-corrected chi connectivity index (χ3v) is 4.63. The molecule has 2 rings (SSSR count). The Labute approximate surface area is 108 Å². The number of nitrogens with one attached hydrogen (secondary N) is 1. The number of benzene rings is 1. The predicted molar refractivity (Wildman–Crippen MR) is 74.9 cm³/mol. The number of rotatable bonds is 4. The monoisotopic (exact) mass is 251 g/mol. The van der Waals surface area contributed by atoms with E-state index in [9.17, 15) is 0 Å². The molecule has 1 aliphatic heterocycles. The van der Waals surface area contributed by atoms with Crippen molar-refractivity contribution in [2.45, 2.75) is 37.6 Å². The highest BCUT2D eigenvalue weighted by atomic mass is 32.2. The molecular weight excluding hydrogens is 230 g/mol. The van der Waals surface area contributed by atoms with Crippen LogP contribution >= 0.6 is 11.8 Å². The molecule has 3 atom stereocenters. The summed E-state index contributed by atoms with van der Waals surface area (Å²) in [5, 5.41) is 4.50. The molecule has 2 unspecified atom stereocenters. The quantitative estimate of drug-likeness (QED) is 0.887. The molecule has 0 amide bonds. The smallest absolute Gasteiger partial charge is 0.119 e. The molecule has 1 aromatic carbocycles. The summed E-state index contributed by atoms with van der Waals surface area (Å²) in [5.41, 5.74) is 1.30. The van der Waals surface area contributed by atoms with Gasteiger partial charge in [-0.05, 0) is 31.0 Å². The lowest BCUT2D eigenvalue weighted by atomic mass is 10.1. The van der Waals surface area contributed by atoms with Crippen LogP contribution in [-0.4, -0.2) is 24.2 Å². The molecule has 1 aromatic rings. The van der Waals surface area contributed by atoms with Crippen molar-refractivity contribution in [3.05, 3.63) is 29.8 Å². The summed E-state index contributed by atoms with van der Waals surface area (Å²) >= 11 is 2.06. The fourth-order valence-corrected chi connectivity index (χ4v) is 3.46. The van der Waals surface area contributed by atoms with Gasteiger partial charge in [-0.15, -0.1) is 0 Å².